The van der Waals surface area contributed by atoms with Crippen molar-refractivity contribution in [2.45, 2.75) is 49.9 Å². The predicted molar refractivity (Wildman–Crippen MR) is 156 cm³/mol. The number of nitrogens with one attached hydrogen (secondary N) is 2. The molecule has 1 fully saturated rings. The van der Waals surface area contributed by atoms with E-state index < -0.39 is 100 Å². The lowest BCUT2D eigenvalue weighted by atomic mass is 9.73. The molecule has 3 heterocycles. The van der Waals surface area contributed by atoms with Gasteiger partial charge in [0.05, 0.1) is 17.3 Å². The van der Waals surface area contributed by atoms with E-state index in [1.54, 1.807) is 0 Å². The van der Waals surface area contributed by atoms with E-state index in [0.29, 0.717) is 10.7 Å². The standard InChI is InChI=1S/C32H22F8N6O4/c33-14-5-12(6-15(34)9-14)7-21(25-17(10-22-29(44-25)50-30(49)43-22)13-1-4-20(35)18(8-13)28(41)48)42-23(47)11-46-27-24(26(45-46)32(38,39)40)16-2-3-19(16)31(27,36)37/h1,4-6,8-10,16,19,21H,2-3,7,11H2,(H2,41,48)(H,42,47)(H,43,49)/t16-,19+,21-/m0/s1. The van der Waals surface area contributed by atoms with Crippen molar-refractivity contribution in [1.82, 2.24) is 25.1 Å². The number of primary amides is 1. The summed E-state index contributed by atoms with van der Waals surface area (Å²) in [6.45, 7) is -1.12. The zero-order valence-electron chi connectivity index (χ0n) is 25.2. The smallest absolute Gasteiger partial charge is 0.389 e. The molecule has 7 rings (SSSR count). The number of aromatic amines is 1. The average molecular weight is 707 g/mol. The Morgan fingerprint density at radius 3 is 2.44 bits per heavy atom. The summed E-state index contributed by atoms with van der Waals surface area (Å²) in [5.41, 5.74) is 1.09. The Balaban J connectivity index is 1.34. The molecular weight excluding hydrogens is 684 g/mol. The van der Waals surface area contributed by atoms with E-state index in [2.05, 4.69) is 20.4 Å². The minimum atomic E-state index is -5.09. The van der Waals surface area contributed by atoms with Gasteiger partial charge in [0.15, 0.2) is 5.69 Å². The quantitative estimate of drug-likeness (QED) is 0.179. The number of oxazole rings is 1. The number of hydrogen-bond donors (Lipinski definition) is 3. The van der Waals surface area contributed by atoms with Crippen molar-refractivity contribution in [2.75, 3.05) is 0 Å². The summed E-state index contributed by atoms with van der Waals surface area (Å²) < 4.78 is 121. The number of halogens is 8. The van der Waals surface area contributed by atoms with E-state index in [-0.39, 0.29) is 46.5 Å². The molecule has 0 aliphatic heterocycles. The summed E-state index contributed by atoms with van der Waals surface area (Å²) >= 11 is 0. The molecular formula is C32H22F8N6O4. The molecule has 2 amide bonds. The molecule has 2 aliphatic carbocycles. The first kappa shape index (κ1) is 33.0. The van der Waals surface area contributed by atoms with Crippen molar-refractivity contribution in [1.29, 1.82) is 0 Å². The van der Waals surface area contributed by atoms with Crippen LogP contribution in [0.25, 0.3) is 22.4 Å². The predicted octanol–water partition coefficient (Wildman–Crippen LogP) is 5.61. The fraction of sp³-hybridized carbons (Fsp3) is 0.281. The van der Waals surface area contributed by atoms with E-state index in [0.717, 1.165) is 24.3 Å². The largest absolute Gasteiger partial charge is 0.435 e. The van der Waals surface area contributed by atoms with Gasteiger partial charge >= 0.3 is 11.9 Å². The van der Waals surface area contributed by atoms with Gasteiger partial charge in [0.25, 0.3) is 11.8 Å². The van der Waals surface area contributed by atoms with E-state index in [4.69, 9.17) is 10.2 Å². The second-order valence-corrected chi connectivity index (χ2v) is 12.1. The lowest BCUT2D eigenvalue weighted by molar-refractivity contribution is -0.144. The third-order valence-corrected chi connectivity index (χ3v) is 8.99. The summed E-state index contributed by atoms with van der Waals surface area (Å²) in [6.07, 6.45) is -5.48. The number of nitrogens with zero attached hydrogens (tertiary/aromatic N) is 3. The number of pyridine rings is 1. The van der Waals surface area contributed by atoms with Crippen LogP contribution in [-0.4, -0.2) is 31.6 Å². The fourth-order valence-corrected chi connectivity index (χ4v) is 6.79. The molecule has 0 unspecified atom stereocenters. The third kappa shape index (κ3) is 5.57. The highest BCUT2D eigenvalue weighted by atomic mass is 19.4. The van der Waals surface area contributed by atoms with Gasteiger partial charge in [-0.25, -0.2) is 22.9 Å². The highest BCUT2D eigenvalue weighted by Crippen LogP contribution is 2.64. The monoisotopic (exact) mass is 706 g/mol. The maximum Gasteiger partial charge on any atom is 0.435 e. The lowest BCUT2D eigenvalue weighted by Crippen LogP contribution is -2.36. The van der Waals surface area contributed by atoms with E-state index in [1.807, 2.05) is 0 Å². The number of carbonyl (C=O) groups is 2. The van der Waals surface area contributed by atoms with Crippen LogP contribution in [0.15, 0.2) is 51.7 Å². The molecule has 5 aromatic rings. The van der Waals surface area contributed by atoms with Gasteiger partial charge in [0.1, 0.15) is 35.2 Å². The fourth-order valence-electron chi connectivity index (χ4n) is 6.79. The molecule has 2 aliphatic rings. The Kier molecular flexibility index (Phi) is 7.59. The summed E-state index contributed by atoms with van der Waals surface area (Å²) in [7, 11) is 0. The summed E-state index contributed by atoms with van der Waals surface area (Å²) in [5.74, 6) is -12.4. The first-order chi connectivity index (χ1) is 23.5. The maximum atomic E-state index is 15.4. The van der Waals surface area contributed by atoms with Crippen LogP contribution in [0, 0.1) is 23.4 Å². The van der Waals surface area contributed by atoms with Crippen LogP contribution in [0.3, 0.4) is 0 Å². The normalized spacial score (nSPS) is 18.4. The first-order valence-electron chi connectivity index (χ1n) is 14.9. The Morgan fingerprint density at radius 2 is 1.80 bits per heavy atom. The maximum absolute atomic E-state index is 15.4. The second kappa shape index (κ2) is 11.5. The zero-order valence-corrected chi connectivity index (χ0v) is 25.2. The molecule has 1 saturated carbocycles. The van der Waals surface area contributed by atoms with Gasteiger partial charge in [-0.1, -0.05) is 6.07 Å². The minimum Gasteiger partial charge on any atom is -0.389 e. The first-order valence-corrected chi connectivity index (χ1v) is 14.9. The molecule has 3 aromatic heterocycles. The Hall–Kier alpha value is -5.55. The molecule has 260 valence electrons. The second-order valence-electron chi connectivity index (χ2n) is 12.1. The topological polar surface area (TPSA) is 149 Å². The minimum absolute atomic E-state index is 0.00391. The molecule has 3 atom stereocenters. The Morgan fingerprint density at radius 1 is 1.08 bits per heavy atom. The van der Waals surface area contributed by atoms with E-state index >= 15 is 8.78 Å². The highest BCUT2D eigenvalue weighted by Gasteiger charge is 2.63. The number of amides is 2. The van der Waals surface area contributed by atoms with Gasteiger partial charge < -0.3 is 15.5 Å². The molecule has 0 saturated heterocycles. The average Bonchev–Trinajstić information content (AvgIpc) is 3.58. The number of benzene rings is 2. The number of nitrogens with two attached hydrogens (primary N) is 1. The van der Waals surface area contributed by atoms with Crippen molar-refractivity contribution in [3.05, 3.63) is 104 Å². The lowest BCUT2D eigenvalue weighted by Gasteiger charge is -2.34. The molecule has 10 nitrogen and oxygen atoms in total. The molecule has 50 heavy (non-hydrogen) atoms. The number of carbonyl (C=O) groups excluding carboxylic acids is 2. The molecule has 2 aromatic carbocycles. The third-order valence-electron chi connectivity index (χ3n) is 8.99. The van der Waals surface area contributed by atoms with Crippen LogP contribution >= 0.6 is 0 Å². The summed E-state index contributed by atoms with van der Waals surface area (Å²) in [5, 5.41) is 5.87. The van der Waals surface area contributed by atoms with Gasteiger partial charge in [-0.15, -0.1) is 0 Å². The number of hydrogen-bond acceptors (Lipinski definition) is 6. The highest BCUT2D eigenvalue weighted by molar-refractivity contribution is 5.95. The van der Waals surface area contributed by atoms with E-state index in [9.17, 15) is 40.7 Å². The van der Waals surface area contributed by atoms with Crippen LogP contribution in [0.2, 0.25) is 0 Å². The van der Waals surface area contributed by atoms with Crippen molar-refractivity contribution < 1.29 is 49.1 Å². The van der Waals surface area contributed by atoms with Crippen molar-refractivity contribution in [3.63, 3.8) is 0 Å². The number of fused-ring (bicyclic) bond motifs is 4. The van der Waals surface area contributed by atoms with Crippen LogP contribution < -0.4 is 16.8 Å². The molecule has 0 radical (unpaired) electrons. The van der Waals surface area contributed by atoms with Crippen LogP contribution in [0.1, 0.15) is 63.4 Å². The number of H-pyrrole nitrogens is 1. The van der Waals surface area contributed by atoms with E-state index in [1.165, 1.54) is 12.1 Å². The van der Waals surface area contributed by atoms with Gasteiger partial charge in [0, 0.05) is 23.1 Å². The summed E-state index contributed by atoms with van der Waals surface area (Å²) in [6, 6.07) is 5.40. The van der Waals surface area contributed by atoms with Crippen LogP contribution in [-0.2, 0) is 29.9 Å². The number of alkyl halides is 5. The van der Waals surface area contributed by atoms with Gasteiger partial charge in [-0.05, 0) is 66.6 Å². The van der Waals surface area contributed by atoms with Crippen LogP contribution in [0.4, 0.5) is 35.1 Å². The number of aromatic nitrogens is 4. The molecule has 0 spiro atoms. The van der Waals surface area contributed by atoms with Crippen molar-refractivity contribution in [2.24, 2.45) is 11.7 Å². The zero-order chi connectivity index (χ0) is 35.9. The van der Waals surface area contributed by atoms with Gasteiger partial charge in [-0.3, -0.25) is 19.3 Å². The van der Waals surface area contributed by atoms with Gasteiger partial charge in [-0.2, -0.15) is 27.1 Å². The van der Waals surface area contributed by atoms with Crippen LogP contribution in [0.5, 0.6) is 0 Å². The molecule has 18 heteroatoms. The molecule has 4 N–H and O–H groups in total. The SMILES string of the molecule is NC(=O)c1cc(-c2cc3[nH]c(=O)oc3nc2[C@H](Cc2cc(F)cc(F)c2)NC(=O)Cn2nc(C(F)(F)F)c3c2C(F)(F)[C@@H]2CC[C@H]32)ccc1F. The Bertz CT molecular complexity index is 2260. The number of rotatable bonds is 8. The molecule has 0 bridgehead atoms. The van der Waals surface area contributed by atoms with Gasteiger partial charge in [0.2, 0.25) is 11.6 Å². The van der Waals surface area contributed by atoms with Crippen molar-refractivity contribution >= 4 is 23.0 Å². The summed E-state index contributed by atoms with van der Waals surface area (Å²) in [4.78, 5) is 44.3. The van der Waals surface area contributed by atoms with Crippen molar-refractivity contribution in [3.8, 4) is 11.1 Å². The Labute approximate surface area is 274 Å².